The van der Waals surface area contributed by atoms with Crippen molar-refractivity contribution in [2.24, 2.45) is 0 Å². The van der Waals surface area contributed by atoms with Crippen LogP contribution in [0.4, 0.5) is 5.82 Å². The standard InChI is InChI=1S/C18H23N9O2/c1-10-6-13(24-23-10)18(29)25-4-5-26(11(2)7-25)17(28)12(3)27-9-22-14-15(19)20-8-21-16(14)27/h6,8-9,11-12H,4-5,7H2,1-3H3,(H,23,24)(H2,19,20,21)/t11-,12?/m1/s1. The molecule has 3 aromatic heterocycles. The lowest BCUT2D eigenvalue weighted by Crippen LogP contribution is -2.56. The molecule has 1 aliphatic rings. The fourth-order valence-corrected chi connectivity index (χ4v) is 3.67. The van der Waals surface area contributed by atoms with Crippen LogP contribution in [-0.4, -0.2) is 77.0 Å². The Balaban J connectivity index is 1.48. The van der Waals surface area contributed by atoms with E-state index in [0.29, 0.717) is 36.5 Å². The minimum atomic E-state index is -0.506. The topological polar surface area (TPSA) is 139 Å². The van der Waals surface area contributed by atoms with Gasteiger partial charge in [-0.15, -0.1) is 0 Å². The number of nitrogen functional groups attached to an aromatic ring is 1. The highest BCUT2D eigenvalue weighted by atomic mass is 16.2. The molecule has 0 radical (unpaired) electrons. The summed E-state index contributed by atoms with van der Waals surface area (Å²) in [5.41, 5.74) is 8.06. The Kier molecular flexibility index (Phi) is 4.65. The van der Waals surface area contributed by atoms with Gasteiger partial charge in [-0.05, 0) is 26.8 Å². The van der Waals surface area contributed by atoms with Gasteiger partial charge in [0.15, 0.2) is 11.5 Å². The molecule has 152 valence electrons. The Morgan fingerprint density at radius 1 is 1.28 bits per heavy atom. The van der Waals surface area contributed by atoms with Crippen molar-refractivity contribution in [3.05, 3.63) is 30.1 Å². The first kappa shape index (κ1) is 18.8. The Morgan fingerprint density at radius 3 is 2.76 bits per heavy atom. The summed E-state index contributed by atoms with van der Waals surface area (Å²) < 4.78 is 1.70. The van der Waals surface area contributed by atoms with Crippen LogP contribution in [-0.2, 0) is 4.79 Å². The number of nitrogens with one attached hydrogen (secondary N) is 1. The monoisotopic (exact) mass is 397 g/mol. The number of piperazine rings is 1. The summed E-state index contributed by atoms with van der Waals surface area (Å²) in [6.45, 7) is 6.94. The molecule has 1 saturated heterocycles. The van der Waals surface area contributed by atoms with Gasteiger partial charge in [-0.25, -0.2) is 15.0 Å². The number of imidazole rings is 1. The molecule has 4 heterocycles. The number of aryl methyl sites for hydroxylation is 1. The number of aromatic nitrogens is 6. The molecule has 0 aromatic carbocycles. The highest BCUT2D eigenvalue weighted by Gasteiger charge is 2.33. The number of H-pyrrole nitrogens is 1. The third-order valence-corrected chi connectivity index (χ3v) is 5.28. The summed E-state index contributed by atoms with van der Waals surface area (Å²) in [7, 11) is 0. The van der Waals surface area contributed by atoms with Crippen LogP contribution in [0.5, 0.6) is 0 Å². The van der Waals surface area contributed by atoms with E-state index in [0.717, 1.165) is 5.69 Å². The maximum atomic E-state index is 13.2. The number of carbonyl (C=O) groups is 2. The minimum Gasteiger partial charge on any atom is -0.382 e. The molecular weight excluding hydrogens is 374 g/mol. The SMILES string of the molecule is Cc1cc(C(=O)N2CCN(C(=O)C(C)n3cnc4c(N)ncnc43)[C@H](C)C2)n[nH]1. The smallest absolute Gasteiger partial charge is 0.274 e. The molecule has 2 atom stereocenters. The van der Waals surface area contributed by atoms with E-state index in [1.54, 1.807) is 33.7 Å². The Morgan fingerprint density at radius 2 is 2.07 bits per heavy atom. The second-order valence-electron chi connectivity index (χ2n) is 7.33. The van der Waals surface area contributed by atoms with Crippen molar-refractivity contribution in [1.82, 2.24) is 39.5 Å². The molecule has 2 amide bonds. The molecular formula is C18H23N9O2. The predicted octanol–water partition coefficient (Wildman–Crippen LogP) is 0.374. The molecule has 11 heteroatoms. The fraction of sp³-hybridized carbons (Fsp3) is 0.444. The first-order valence-electron chi connectivity index (χ1n) is 9.41. The van der Waals surface area contributed by atoms with E-state index in [9.17, 15) is 9.59 Å². The lowest BCUT2D eigenvalue weighted by Gasteiger charge is -2.40. The first-order chi connectivity index (χ1) is 13.9. The maximum absolute atomic E-state index is 13.2. The van der Waals surface area contributed by atoms with E-state index in [4.69, 9.17) is 5.73 Å². The summed E-state index contributed by atoms with van der Waals surface area (Å²) in [5, 5.41) is 6.82. The molecule has 3 aromatic rings. The van der Waals surface area contributed by atoms with E-state index in [1.807, 2.05) is 13.8 Å². The lowest BCUT2D eigenvalue weighted by molar-refractivity contribution is -0.138. The number of rotatable bonds is 3. The highest BCUT2D eigenvalue weighted by molar-refractivity contribution is 5.92. The van der Waals surface area contributed by atoms with Crippen LogP contribution in [0.25, 0.3) is 11.2 Å². The van der Waals surface area contributed by atoms with E-state index in [2.05, 4.69) is 25.1 Å². The third-order valence-electron chi connectivity index (χ3n) is 5.28. The van der Waals surface area contributed by atoms with Crippen molar-refractivity contribution in [3.8, 4) is 0 Å². The van der Waals surface area contributed by atoms with Gasteiger partial charge in [-0.3, -0.25) is 14.7 Å². The fourth-order valence-electron chi connectivity index (χ4n) is 3.67. The molecule has 3 N–H and O–H groups in total. The van der Waals surface area contributed by atoms with Gasteiger partial charge >= 0.3 is 0 Å². The van der Waals surface area contributed by atoms with Crippen LogP contribution in [0.2, 0.25) is 0 Å². The number of aromatic amines is 1. The molecule has 29 heavy (non-hydrogen) atoms. The van der Waals surface area contributed by atoms with Gasteiger partial charge in [0.05, 0.1) is 6.33 Å². The van der Waals surface area contributed by atoms with E-state index in [1.165, 1.54) is 6.33 Å². The van der Waals surface area contributed by atoms with E-state index < -0.39 is 6.04 Å². The summed E-state index contributed by atoms with van der Waals surface area (Å²) in [5.74, 6) is 0.0910. The number of hydrogen-bond acceptors (Lipinski definition) is 7. The van der Waals surface area contributed by atoms with Crippen molar-refractivity contribution in [2.45, 2.75) is 32.9 Å². The number of carbonyl (C=O) groups excluding carboxylic acids is 2. The van der Waals surface area contributed by atoms with Crippen molar-refractivity contribution in [3.63, 3.8) is 0 Å². The number of amides is 2. The average Bonchev–Trinajstić information content (AvgIpc) is 3.33. The zero-order valence-corrected chi connectivity index (χ0v) is 16.5. The molecule has 1 unspecified atom stereocenters. The zero-order chi connectivity index (χ0) is 20.7. The van der Waals surface area contributed by atoms with Gasteiger partial charge in [0.2, 0.25) is 5.91 Å². The van der Waals surface area contributed by atoms with Crippen molar-refractivity contribution in [2.75, 3.05) is 25.4 Å². The van der Waals surface area contributed by atoms with E-state index >= 15 is 0 Å². The molecule has 11 nitrogen and oxygen atoms in total. The van der Waals surface area contributed by atoms with Gasteiger partial charge in [0.1, 0.15) is 23.6 Å². The van der Waals surface area contributed by atoms with E-state index in [-0.39, 0.29) is 23.7 Å². The number of nitrogens with zero attached hydrogens (tertiary/aromatic N) is 7. The molecule has 0 aliphatic carbocycles. The highest BCUT2D eigenvalue weighted by Crippen LogP contribution is 2.22. The lowest BCUT2D eigenvalue weighted by atomic mass is 10.1. The van der Waals surface area contributed by atoms with Crippen LogP contribution < -0.4 is 5.73 Å². The molecule has 0 saturated carbocycles. The first-order valence-corrected chi connectivity index (χ1v) is 9.41. The number of nitrogens with two attached hydrogens (primary N) is 1. The molecule has 1 aliphatic heterocycles. The Labute approximate surface area is 166 Å². The molecule has 0 spiro atoms. The van der Waals surface area contributed by atoms with Gasteiger partial charge in [0.25, 0.3) is 5.91 Å². The van der Waals surface area contributed by atoms with Crippen molar-refractivity contribution < 1.29 is 9.59 Å². The zero-order valence-electron chi connectivity index (χ0n) is 16.5. The minimum absolute atomic E-state index is 0.0586. The van der Waals surface area contributed by atoms with Gasteiger partial charge in [0, 0.05) is 31.4 Å². The average molecular weight is 397 g/mol. The second kappa shape index (κ2) is 7.15. The summed E-state index contributed by atoms with van der Waals surface area (Å²) in [6, 6.07) is 1.09. The van der Waals surface area contributed by atoms with Crippen molar-refractivity contribution in [1.29, 1.82) is 0 Å². The molecule has 0 bridgehead atoms. The normalized spacial score (nSPS) is 18.2. The second-order valence-corrected chi connectivity index (χ2v) is 7.33. The third kappa shape index (κ3) is 3.28. The van der Waals surface area contributed by atoms with Gasteiger partial charge in [-0.1, -0.05) is 0 Å². The quantitative estimate of drug-likeness (QED) is 0.651. The van der Waals surface area contributed by atoms with Crippen molar-refractivity contribution >= 4 is 28.8 Å². The molecule has 1 fully saturated rings. The number of fused-ring (bicyclic) bond motifs is 1. The predicted molar refractivity (Wildman–Crippen MR) is 105 cm³/mol. The maximum Gasteiger partial charge on any atom is 0.274 e. The van der Waals surface area contributed by atoms with Crippen LogP contribution in [0.3, 0.4) is 0 Å². The van der Waals surface area contributed by atoms with Crippen LogP contribution in [0.15, 0.2) is 18.7 Å². The summed E-state index contributed by atoms with van der Waals surface area (Å²) in [4.78, 5) is 41.7. The van der Waals surface area contributed by atoms with Crippen LogP contribution >= 0.6 is 0 Å². The molecule has 4 rings (SSSR count). The van der Waals surface area contributed by atoms with Crippen LogP contribution in [0, 0.1) is 6.92 Å². The van der Waals surface area contributed by atoms with Crippen LogP contribution in [0.1, 0.15) is 36.1 Å². The summed E-state index contributed by atoms with van der Waals surface area (Å²) >= 11 is 0. The Hall–Kier alpha value is -3.50. The van der Waals surface area contributed by atoms with Gasteiger partial charge < -0.3 is 20.1 Å². The number of hydrogen-bond donors (Lipinski definition) is 2. The van der Waals surface area contributed by atoms with Gasteiger partial charge in [-0.2, -0.15) is 5.10 Å². The largest absolute Gasteiger partial charge is 0.382 e. The number of anilines is 1. The Bertz CT molecular complexity index is 1070. The summed E-state index contributed by atoms with van der Waals surface area (Å²) in [6.07, 6.45) is 2.92.